The molecule has 5 nitrogen and oxygen atoms in total. The zero-order valence-electron chi connectivity index (χ0n) is 18.4. The van der Waals surface area contributed by atoms with Crippen molar-refractivity contribution in [1.29, 1.82) is 0 Å². The molecule has 3 aromatic rings. The highest BCUT2D eigenvalue weighted by Gasteiger charge is 2.24. The topological polar surface area (TPSA) is 66.3 Å². The molecular weight excluding hydrogens is 386 g/mol. The lowest BCUT2D eigenvalue weighted by atomic mass is 9.93. The molecule has 0 radical (unpaired) electrons. The van der Waals surface area contributed by atoms with Gasteiger partial charge in [0, 0.05) is 31.3 Å². The van der Waals surface area contributed by atoms with Crippen LogP contribution in [0.4, 0.5) is 11.5 Å². The standard InChI is InChI=1S/C26H29N3O2/c1-17(2)20-8-11-25(28-16-20)29(3)22-9-10-23-18(4-6-19(23)14-22)5-7-21-15-27-13-12-24(21)26(30)31/h8-18H,4-7H2,1-3H3,(H,30,31)/t18-/m0/s1. The Morgan fingerprint density at radius 3 is 2.74 bits per heavy atom. The molecule has 5 heteroatoms. The van der Waals surface area contributed by atoms with Gasteiger partial charge in [0.25, 0.3) is 0 Å². The van der Waals surface area contributed by atoms with E-state index in [1.807, 2.05) is 6.20 Å². The summed E-state index contributed by atoms with van der Waals surface area (Å²) in [6.45, 7) is 4.35. The Labute approximate surface area is 183 Å². The predicted molar refractivity (Wildman–Crippen MR) is 123 cm³/mol. The summed E-state index contributed by atoms with van der Waals surface area (Å²) in [5.74, 6) is 0.991. The first-order valence-corrected chi connectivity index (χ1v) is 10.9. The highest BCUT2D eigenvalue weighted by Crippen LogP contribution is 2.39. The molecule has 4 rings (SSSR count). The van der Waals surface area contributed by atoms with Crippen LogP contribution in [0.15, 0.2) is 55.0 Å². The minimum atomic E-state index is -0.882. The number of rotatable bonds is 7. The number of benzene rings is 1. The fourth-order valence-corrected chi connectivity index (χ4v) is 4.44. The van der Waals surface area contributed by atoms with Crippen LogP contribution in [0.2, 0.25) is 0 Å². The van der Waals surface area contributed by atoms with E-state index in [1.54, 1.807) is 18.5 Å². The van der Waals surface area contributed by atoms with Crippen molar-refractivity contribution in [2.75, 3.05) is 11.9 Å². The van der Waals surface area contributed by atoms with Crippen LogP contribution in [-0.4, -0.2) is 28.1 Å². The van der Waals surface area contributed by atoms with E-state index >= 15 is 0 Å². The largest absolute Gasteiger partial charge is 0.478 e. The average Bonchev–Trinajstić information content (AvgIpc) is 3.19. The smallest absolute Gasteiger partial charge is 0.336 e. The van der Waals surface area contributed by atoms with Gasteiger partial charge in [0.1, 0.15) is 5.82 Å². The molecule has 1 aliphatic carbocycles. The van der Waals surface area contributed by atoms with Gasteiger partial charge >= 0.3 is 5.97 Å². The van der Waals surface area contributed by atoms with Crippen LogP contribution in [0.25, 0.3) is 0 Å². The number of hydrogen-bond acceptors (Lipinski definition) is 4. The van der Waals surface area contributed by atoms with E-state index in [2.05, 4.69) is 66.1 Å². The van der Waals surface area contributed by atoms with Gasteiger partial charge in [-0.3, -0.25) is 4.98 Å². The summed E-state index contributed by atoms with van der Waals surface area (Å²) in [5, 5.41) is 9.40. The second-order valence-electron chi connectivity index (χ2n) is 8.66. The lowest BCUT2D eigenvalue weighted by molar-refractivity contribution is 0.0695. The van der Waals surface area contributed by atoms with Crippen LogP contribution in [0.3, 0.4) is 0 Å². The minimum absolute atomic E-state index is 0.362. The fourth-order valence-electron chi connectivity index (χ4n) is 4.44. The van der Waals surface area contributed by atoms with Crippen molar-refractivity contribution in [2.45, 2.75) is 51.4 Å². The summed E-state index contributed by atoms with van der Waals surface area (Å²) in [6.07, 6.45) is 9.02. The van der Waals surface area contributed by atoms with E-state index in [0.29, 0.717) is 17.4 Å². The van der Waals surface area contributed by atoms with E-state index in [9.17, 15) is 9.90 Å². The molecule has 0 spiro atoms. The normalized spacial score (nSPS) is 15.2. The Morgan fingerprint density at radius 1 is 1.19 bits per heavy atom. The third kappa shape index (κ3) is 4.46. The zero-order valence-corrected chi connectivity index (χ0v) is 18.4. The molecule has 0 amide bonds. The molecule has 0 fully saturated rings. The van der Waals surface area contributed by atoms with Crippen molar-refractivity contribution >= 4 is 17.5 Å². The van der Waals surface area contributed by atoms with Crippen LogP contribution >= 0.6 is 0 Å². The maximum absolute atomic E-state index is 11.4. The van der Waals surface area contributed by atoms with Crippen molar-refractivity contribution in [1.82, 2.24) is 9.97 Å². The number of aryl methyl sites for hydroxylation is 2. The van der Waals surface area contributed by atoms with Crippen molar-refractivity contribution < 1.29 is 9.90 Å². The number of anilines is 2. The van der Waals surface area contributed by atoms with Gasteiger partial charge in [-0.05, 0) is 84.0 Å². The lowest BCUT2D eigenvalue weighted by Crippen LogP contribution is -2.11. The van der Waals surface area contributed by atoms with E-state index in [-0.39, 0.29) is 0 Å². The predicted octanol–water partition coefficient (Wildman–Crippen LogP) is 5.73. The number of aromatic carboxylic acids is 1. The van der Waals surface area contributed by atoms with Crippen LogP contribution in [0.1, 0.15) is 71.1 Å². The van der Waals surface area contributed by atoms with E-state index in [0.717, 1.165) is 42.8 Å². The first-order chi connectivity index (χ1) is 14.9. The molecule has 1 aromatic carbocycles. The number of carbonyl (C=O) groups is 1. The molecule has 2 aromatic heterocycles. The van der Waals surface area contributed by atoms with Crippen LogP contribution in [0.5, 0.6) is 0 Å². The molecule has 160 valence electrons. The first-order valence-electron chi connectivity index (χ1n) is 10.9. The summed E-state index contributed by atoms with van der Waals surface area (Å²) in [6, 6.07) is 12.5. The van der Waals surface area contributed by atoms with Gasteiger partial charge in [-0.1, -0.05) is 26.0 Å². The molecule has 0 unspecified atom stereocenters. The highest BCUT2D eigenvalue weighted by atomic mass is 16.4. The molecule has 1 aliphatic rings. The maximum Gasteiger partial charge on any atom is 0.336 e. The molecule has 0 aliphatic heterocycles. The number of hydrogen-bond donors (Lipinski definition) is 1. The molecule has 0 saturated heterocycles. The van der Waals surface area contributed by atoms with Crippen molar-refractivity contribution in [3.05, 3.63) is 82.8 Å². The van der Waals surface area contributed by atoms with Gasteiger partial charge in [-0.15, -0.1) is 0 Å². The number of aromatic nitrogens is 2. The van der Waals surface area contributed by atoms with Crippen molar-refractivity contribution in [3.63, 3.8) is 0 Å². The zero-order chi connectivity index (χ0) is 22.0. The van der Waals surface area contributed by atoms with Crippen molar-refractivity contribution in [3.8, 4) is 0 Å². The molecule has 31 heavy (non-hydrogen) atoms. The lowest BCUT2D eigenvalue weighted by Gasteiger charge is -2.20. The average molecular weight is 416 g/mol. The molecule has 2 heterocycles. The SMILES string of the molecule is CC(C)c1ccc(N(C)c2ccc3c(c2)CC[C@H]3CCc2cnccc2C(=O)O)nc1. The second kappa shape index (κ2) is 8.88. The van der Waals surface area contributed by atoms with Gasteiger partial charge in [0.15, 0.2) is 0 Å². The maximum atomic E-state index is 11.4. The summed E-state index contributed by atoms with van der Waals surface area (Å²) < 4.78 is 0. The molecule has 1 N–H and O–H groups in total. The Morgan fingerprint density at radius 2 is 2.03 bits per heavy atom. The second-order valence-corrected chi connectivity index (χ2v) is 8.66. The molecule has 0 saturated carbocycles. The number of carboxylic acid groups (broad SMARTS) is 1. The number of carboxylic acids is 1. The van der Waals surface area contributed by atoms with Gasteiger partial charge < -0.3 is 10.0 Å². The first kappa shape index (κ1) is 21.0. The van der Waals surface area contributed by atoms with E-state index < -0.39 is 5.97 Å². The summed E-state index contributed by atoms with van der Waals surface area (Å²) in [7, 11) is 2.06. The minimum Gasteiger partial charge on any atom is -0.478 e. The number of fused-ring (bicyclic) bond motifs is 1. The third-order valence-electron chi connectivity index (χ3n) is 6.39. The third-order valence-corrected chi connectivity index (χ3v) is 6.39. The monoisotopic (exact) mass is 415 g/mol. The van der Waals surface area contributed by atoms with E-state index in [4.69, 9.17) is 0 Å². The Balaban J connectivity index is 1.47. The van der Waals surface area contributed by atoms with Gasteiger partial charge in [0.2, 0.25) is 0 Å². The van der Waals surface area contributed by atoms with Gasteiger partial charge in [-0.25, -0.2) is 9.78 Å². The summed E-state index contributed by atoms with van der Waals surface area (Å²) >= 11 is 0. The fraction of sp³-hybridized carbons (Fsp3) is 0.346. The Bertz CT molecular complexity index is 1080. The molecule has 1 atom stereocenters. The van der Waals surface area contributed by atoms with E-state index in [1.165, 1.54) is 16.7 Å². The summed E-state index contributed by atoms with van der Waals surface area (Å²) in [5.41, 5.74) is 6.34. The van der Waals surface area contributed by atoms with Gasteiger partial charge in [-0.2, -0.15) is 0 Å². The van der Waals surface area contributed by atoms with Crippen molar-refractivity contribution in [2.24, 2.45) is 0 Å². The Hall–Kier alpha value is -3.21. The number of nitrogens with zero attached hydrogens (tertiary/aromatic N) is 3. The van der Waals surface area contributed by atoms with Crippen LogP contribution < -0.4 is 4.90 Å². The van der Waals surface area contributed by atoms with Gasteiger partial charge in [0.05, 0.1) is 5.56 Å². The quantitative estimate of drug-likeness (QED) is 0.534. The molecular formula is C26H29N3O2. The number of pyridine rings is 2. The highest BCUT2D eigenvalue weighted by molar-refractivity contribution is 5.89. The Kier molecular flexibility index (Phi) is 6.03. The summed E-state index contributed by atoms with van der Waals surface area (Å²) in [4.78, 5) is 22.3. The van der Waals surface area contributed by atoms with Crippen LogP contribution in [0, 0.1) is 0 Å². The molecule has 0 bridgehead atoms. The van der Waals surface area contributed by atoms with Crippen LogP contribution in [-0.2, 0) is 12.8 Å².